The molecule has 0 bridgehead atoms. The molecule has 0 unspecified atom stereocenters. The van der Waals surface area contributed by atoms with Crippen LogP contribution in [0.25, 0.3) is 0 Å². The van der Waals surface area contributed by atoms with Crippen LogP contribution in [-0.4, -0.2) is 26.4 Å². The monoisotopic (exact) mass is 254 g/mol. The SMILES string of the molecule is CCCCc1nc(CO)cn1C(=O)OC(C)(C)C. The Morgan fingerprint density at radius 3 is 2.67 bits per heavy atom. The van der Waals surface area contributed by atoms with E-state index in [4.69, 9.17) is 9.84 Å². The number of nitrogens with zero attached hydrogens (tertiary/aromatic N) is 2. The van der Waals surface area contributed by atoms with E-state index < -0.39 is 11.7 Å². The molecule has 0 radical (unpaired) electrons. The fraction of sp³-hybridized carbons (Fsp3) is 0.692. The molecule has 1 heterocycles. The van der Waals surface area contributed by atoms with Crippen LogP contribution in [0.1, 0.15) is 52.1 Å². The second-order valence-corrected chi connectivity index (χ2v) is 5.26. The maximum atomic E-state index is 12.0. The topological polar surface area (TPSA) is 64.4 Å². The van der Waals surface area contributed by atoms with Crippen molar-refractivity contribution in [3.05, 3.63) is 17.7 Å². The van der Waals surface area contributed by atoms with Crippen LogP contribution in [0.4, 0.5) is 4.79 Å². The van der Waals surface area contributed by atoms with Gasteiger partial charge in [-0.3, -0.25) is 0 Å². The van der Waals surface area contributed by atoms with E-state index in [2.05, 4.69) is 11.9 Å². The largest absolute Gasteiger partial charge is 0.443 e. The molecular formula is C13H22N2O3. The first-order valence-electron chi connectivity index (χ1n) is 6.28. The van der Waals surface area contributed by atoms with Crippen molar-refractivity contribution in [2.45, 2.75) is 59.2 Å². The zero-order chi connectivity index (χ0) is 13.8. The second-order valence-electron chi connectivity index (χ2n) is 5.26. The molecule has 18 heavy (non-hydrogen) atoms. The maximum absolute atomic E-state index is 12.0. The lowest BCUT2D eigenvalue weighted by Gasteiger charge is -2.20. The summed E-state index contributed by atoms with van der Waals surface area (Å²) in [5.41, 5.74) is -0.0464. The summed E-state index contributed by atoms with van der Waals surface area (Å²) in [7, 11) is 0. The molecule has 0 fully saturated rings. The first-order chi connectivity index (χ1) is 8.37. The molecule has 0 amide bonds. The van der Waals surface area contributed by atoms with E-state index >= 15 is 0 Å². The van der Waals surface area contributed by atoms with E-state index in [0.29, 0.717) is 17.9 Å². The number of aryl methyl sites for hydroxylation is 1. The van der Waals surface area contributed by atoms with Gasteiger partial charge in [-0.2, -0.15) is 0 Å². The lowest BCUT2D eigenvalue weighted by Crippen LogP contribution is -2.27. The Labute approximate surface area is 108 Å². The van der Waals surface area contributed by atoms with Crippen molar-refractivity contribution in [3.8, 4) is 0 Å². The lowest BCUT2D eigenvalue weighted by atomic mass is 10.2. The lowest BCUT2D eigenvalue weighted by molar-refractivity contribution is 0.0531. The third kappa shape index (κ3) is 4.14. The fourth-order valence-corrected chi connectivity index (χ4v) is 1.53. The van der Waals surface area contributed by atoms with E-state index in [0.717, 1.165) is 12.8 Å². The highest BCUT2D eigenvalue weighted by Gasteiger charge is 2.20. The standard InChI is InChI=1S/C13H22N2O3/c1-5-6-7-11-14-10(9-16)8-15(11)12(17)18-13(2,3)4/h8,16H,5-7,9H2,1-4H3. The van der Waals surface area contributed by atoms with Gasteiger partial charge in [-0.15, -0.1) is 0 Å². The van der Waals surface area contributed by atoms with Crippen LogP contribution in [0.5, 0.6) is 0 Å². The van der Waals surface area contributed by atoms with Gasteiger partial charge < -0.3 is 9.84 Å². The Balaban J connectivity index is 2.91. The van der Waals surface area contributed by atoms with Crippen molar-refractivity contribution in [2.75, 3.05) is 0 Å². The van der Waals surface area contributed by atoms with Gasteiger partial charge in [0.15, 0.2) is 0 Å². The molecular weight excluding hydrogens is 232 g/mol. The average molecular weight is 254 g/mol. The molecule has 0 saturated heterocycles. The van der Waals surface area contributed by atoms with Crippen LogP contribution in [0.15, 0.2) is 6.20 Å². The summed E-state index contributed by atoms with van der Waals surface area (Å²) in [5, 5.41) is 9.09. The van der Waals surface area contributed by atoms with Gasteiger partial charge in [-0.05, 0) is 27.2 Å². The smallest absolute Gasteiger partial charge is 0.420 e. The van der Waals surface area contributed by atoms with Crippen LogP contribution in [0, 0.1) is 0 Å². The maximum Gasteiger partial charge on any atom is 0.420 e. The van der Waals surface area contributed by atoms with Crippen molar-refractivity contribution in [1.82, 2.24) is 9.55 Å². The van der Waals surface area contributed by atoms with Gasteiger partial charge in [0.2, 0.25) is 0 Å². The van der Waals surface area contributed by atoms with Gasteiger partial charge >= 0.3 is 6.09 Å². The van der Waals surface area contributed by atoms with E-state index in [9.17, 15) is 4.79 Å². The molecule has 5 heteroatoms. The van der Waals surface area contributed by atoms with Gasteiger partial charge in [0.25, 0.3) is 0 Å². The predicted octanol–water partition coefficient (Wildman–Crippen LogP) is 2.50. The Hall–Kier alpha value is -1.36. The molecule has 5 nitrogen and oxygen atoms in total. The molecule has 0 atom stereocenters. The zero-order valence-corrected chi connectivity index (χ0v) is 11.6. The summed E-state index contributed by atoms with van der Waals surface area (Å²) in [6.45, 7) is 7.37. The third-order valence-electron chi connectivity index (χ3n) is 2.33. The molecule has 1 aromatic heterocycles. The Morgan fingerprint density at radius 1 is 1.50 bits per heavy atom. The third-order valence-corrected chi connectivity index (χ3v) is 2.33. The Morgan fingerprint density at radius 2 is 2.17 bits per heavy atom. The number of hydrogen-bond donors (Lipinski definition) is 1. The molecule has 1 rings (SSSR count). The van der Waals surface area contributed by atoms with Crippen LogP contribution in [0.2, 0.25) is 0 Å². The van der Waals surface area contributed by atoms with Crippen LogP contribution in [-0.2, 0) is 17.8 Å². The van der Waals surface area contributed by atoms with Crippen LogP contribution in [0.3, 0.4) is 0 Å². The number of aromatic nitrogens is 2. The van der Waals surface area contributed by atoms with Crippen LogP contribution >= 0.6 is 0 Å². The number of unbranched alkanes of at least 4 members (excludes halogenated alkanes) is 1. The predicted molar refractivity (Wildman–Crippen MR) is 68.4 cm³/mol. The summed E-state index contributed by atoms with van der Waals surface area (Å²) in [5.74, 6) is 0.648. The fourth-order valence-electron chi connectivity index (χ4n) is 1.53. The van der Waals surface area contributed by atoms with Gasteiger partial charge in [0.1, 0.15) is 11.4 Å². The number of carbonyl (C=O) groups is 1. The number of aliphatic hydroxyl groups excluding tert-OH is 1. The minimum atomic E-state index is -0.539. The highest BCUT2D eigenvalue weighted by Crippen LogP contribution is 2.13. The minimum Gasteiger partial charge on any atom is -0.443 e. The Bertz CT molecular complexity index is 405. The number of hydrogen-bond acceptors (Lipinski definition) is 4. The Kier molecular flexibility index (Phi) is 4.90. The van der Waals surface area contributed by atoms with Crippen molar-refractivity contribution in [1.29, 1.82) is 0 Å². The molecule has 0 saturated carbocycles. The number of rotatable bonds is 4. The van der Waals surface area contributed by atoms with Crippen molar-refractivity contribution >= 4 is 6.09 Å². The average Bonchev–Trinajstić information content (AvgIpc) is 2.67. The molecule has 0 aliphatic heterocycles. The van der Waals surface area contributed by atoms with Gasteiger partial charge in [-0.25, -0.2) is 14.3 Å². The first kappa shape index (κ1) is 14.7. The molecule has 0 aliphatic rings. The molecule has 0 aromatic carbocycles. The molecule has 1 N–H and O–H groups in total. The van der Waals surface area contributed by atoms with Crippen molar-refractivity contribution in [3.63, 3.8) is 0 Å². The highest BCUT2D eigenvalue weighted by molar-refractivity contribution is 5.71. The highest BCUT2D eigenvalue weighted by atomic mass is 16.6. The molecule has 102 valence electrons. The van der Waals surface area contributed by atoms with Crippen molar-refractivity contribution < 1.29 is 14.6 Å². The van der Waals surface area contributed by atoms with Gasteiger partial charge in [0, 0.05) is 12.6 Å². The summed E-state index contributed by atoms with van der Waals surface area (Å²) < 4.78 is 6.70. The number of imidazole rings is 1. The van der Waals surface area contributed by atoms with E-state index in [1.165, 1.54) is 4.57 Å². The number of ether oxygens (including phenoxy) is 1. The van der Waals surface area contributed by atoms with Gasteiger partial charge in [0.05, 0.1) is 12.3 Å². The minimum absolute atomic E-state index is 0.172. The number of carbonyl (C=O) groups excluding carboxylic acids is 1. The molecule has 1 aromatic rings. The number of aliphatic hydroxyl groups is 1. The van der Waals surface area contributed by atoms with E-state index in [1.54, 1.807) is 6.20 Å². The van der Waals surface area contributed by atoms with E-state index in [1.807, 2.05) is 20.8 Å². The van der Waals surface area contributed by atoms with Gasteiger partial charge in [-0.1, -0.05) is 13.3 Å². The summed E-state index contributed by atoms with van der Waals surface area (Å²) in [4.78, 5) is 16.2. The van der Waals surface area contributed by atoms with E-state index in [-0.39, 0.29) is 6.61 Å². The second kappa shape index (κ2) is 6.00. The quantitative estimate of drug-likeness (QED) is 0.896. The van der Waals surface area contributed by atoms with Crippen molar-refractivity contribution in [2.24, 2.45) is 0 Å². The first-order valence-corrected chi connectivity index (χ1v) is 6.28. The zero-order valence-electron chi connectivity index (χ0n) is 11.6. The molecule has 0 spiro atoms. The normalized spacial score (nSPS) is 11.6. The summed E-state index contributed by atoms with van der Waals surface area (Å²) in [6.07, 6.45) is 3.77. The summed E-state index contributed by atoms with van der Waals surface area (Å²) >= 11 is 0. The molecule has 0 aliphatic carbocycles. The van der Waals surface area contributed by atoms with Crippen LogP contribution < -0.4 is 0 Å². The summed E-state index contributed by atoms with van der Waals surface area (Å²) in [6, 6.07) is 0.